The number of rotatable bonds is 24. The minimum atomic E-state index is -2.80. The molecule has 0 bridgehead atoms. The molecule has 7 heteroatoms. The fourth-order valence-electron chi connectivity index (χ4n) is 2.34. The molecule has 0 heterocycles. The van der Waals surface area contributed by atoms with Crippen LogP contribution in [-0.4, -0.2) is 59.5 Å². The molecule has 0 saturated heterocycles. The van der Waals surface area contributed by atoms with E-state index in [1.807, 2.05) is 0 Å². The van der Waals surface area contributed by atoms with Crippen molar-refractivity contribution in [1.82, 2.24) is 0 Å². The molecule has 0 atom stereocenters. The third-order valence-corrected chi connectivity index (χ3v) is 7.60. The van der Waals surface area contributed by atoms with E-state index >= 15 is 0 Å². The first-order valence-electron chi connectivity index (χ1n) is 11.4. The Morgan fingerprint density at radius 1 is 0.393 bits per heavy atom. The first-order valence-corrected chi connectivity index (χ1v) is 14.9. The van der Waals surface area contributed by atoms with Crippen molar-refractivity contribution in [2.75, 3.05) is 59.5 Å². The molecule has 0 aromatic carbocycles. The number of hydrogen-bond acceptors (Lipinski definition) is 6. The van der Waals surface area contributed by atoms with Crippen molar-refractivity contribution >= 4 is 0 Å². The Kier molecular flexibility index (Phi) is 26.7. The number of hydrogen-bond donors (Lipinski definition) is 0. The van der Waals surface area contributed by atoms with Crippen LogP contribution in [0.3, 0.4) is 0 Å². The van der Waals surface area contributed by atoms with E-state index < -0.39 is 29.0 Å². The third kappa shape index (κ3) is 23.1. The Morgan fingerprint density at radius 2 is 0.679 bits per heavy atom. The van der Waals surface area contributed by atoms with E-state index in [1.54, 1.807) is 0 Å². The normalized spacial score (nSPS) is 11.2. The number of ether oxygens (including phenoxy) is 3. The first kappa shape index (κ1) is 28.9. The molecule has 0 aromatic heterocycles. The van der Waals surface area contributed by atoms with Crippen molar-refractivity contribution < 1.29 is 49.3 Å². The molecule has 0 aliphatic heterocycles. The zero-order chi connectivity index (χ0) is 20.5. The van der Waals surface area contributed by atoms with E-state index in [4.69, 9.17) is 20.4 Å². The van der Waals surface area contributed by atoms with Gasteiger partial charge >= 0.3 is 187 Å². The van der Waals surface area contributed by atoms with Crippen molar-refractivity contribution in [1.29, 1.82) is 0 Å². The fraction of sp³-hybridized carbons (Fsp3) is 1.00. The van der Waals surface area contributed by atoms with Crippen LogP contribution in [0.1, 0.15) is 78.6 Å². The molecule has 0 N–H and O–H groups in total. The summed E-state index contributed by atoms with van der Waals surface area (Å²) >= 11 is -2.80. The van der Waals surface area contributed by atoms with E-state index in [2.05, 4.69) is 20.8 Å². The van der Waals surface area contributed by atoms with Gasteiger partial charge in [-0.2, -0.15) is 0 Å². The van der Waals surface area contributed by atoms with E-state index in [1.165, 1.54) is 0 Å². The predicted octanol–water partition coefficient (Wildman–Crippen LogP) is 5.02. The first-order chi connectivity index (χ1) is 13.8. The molecule has 0 amide bonds. The summed E-state index contributed by atoms with van der Waals surface area (Å²) in [5.74, 6) is 0. The molecule has 6 nitrogen and oxygen atoms in total. The molecule has 0 fully saturated rings. The predicted molar refractivity (Wildman–Crippen MR) is 109 cm³/mol. The molecule has 0 aromatic rings. The second-order valence-corrected chi connectivity index (χ2v) is 10.7. The second kappa shape index (κ2) is 25.9. The summed E-state index contributed by atoms with van der Waals surface area (Å²) < 4.78 is 34.5. The molecule has 0 saturated carbocycles. The molecule has 0 spiro atoms. The van der Waals surface area contributed by atoms with Crippen molar-refractivity contribution in [3.63, 3.8) is 0 Å². The summed E-state index contributed by atoms with van der Waals surface area (Å²) in [5.41, 5.74) is 0. The maximum absolute atomic E-state index is 5.99. The van der Waals surface area contributed by atoms with Crippen LogP contribution in [0, 0.1) is 0 Å². The summed E-state index contributed by atoms with van der Waals surface area (Å²) in [4.78, 5) is 0. The van der Waals surface area contributed by atoms with E-state index in [-0.39, 0.29) is 0 Å². The molecular weight excluding hydrogens is 437 g/mol. The zero-order valence-electron chi connectivity index (χ0n) is 18.8. The van der Waals surface area contributed by atoms with Crippen molar-refractivity contribution in [3.05, 3.63) is 0 Å². The minimum absolute atomic E-state index is 0.718. The molecule has 0 aliphatic rings. The number of unbranched alkanes of at least 4 members (excludes halogenated alkanes) is 3. The monoisotopic (exact) mass is 482 g/mol. The van der Waals surface area contributed by atoms with Gasteiger partial charge < -0.3 is 0 Å². The van der Waals surface area contributed by atoms with Crippen LogP contribution in [0.25, 0.3) is 0 Å². The van der Waals surface area contributed by atoms with Crippen molar-refractivity contribution in [2.45, 2.75) is 78.6 Å². The van der Waals surface area contributed by atoms with Gasteiger partial charge in [0.25, 0.3) is 0 Å². The van der Waals surface area contributed by atoms with Gasteiger partial charge in [-0.25, -0.2) is 0 Å². The maximum atomic E-state index is 5.99. The van der Waals surface area contributed by atoms with Gasteiger partial charge in [0, 0.05) is 0 Å². The summed E-state index contributed by atoms with van der Waals surface area (Å²) in [5, 5.41) is 0. The van der Waals surface area contributed by atoms with Crippen molar-refractivity contribution in [2.24, 2.45) is 0 Å². The van der Waals surface area contributed by atoms with Crippen LogP contribution in [0.4, 0.5) is 0 Å². The Bertz CT molecular complexity index is 241. The van der Waals surface area contributed by atoms with Gasteiger partial charge in [0.15, 0.2) is 0 Å². The van der Waals surface area contributed by atoms with Crippen LogP contribution in [0.2, 0.25) is 0 Å². The summed E-state index contributed by atoms with van der Waals surface area (Å²) in [7, 11) is 0. The summed E-state index contributed by atoms with van der Waals surface area (Å²) in [6, 6.07) is 0. The van der Waals surface area contributed by atoms with Crippen LogP contribution in [0.5, 0.6) is 0 Å². The summed E-state index contributed by atoms with van der Waals surface area (Å²) in [6.45, 7) is 13.5. The van der Waals surface area contributed by atoms with Gasteiger partial charge in [0.1, 0.15) is 0 Å². The average molecular weight is 482 g/mol. The van der Waals surface area contributed by atoms with Gasteiger partial charge in [-0.1, -0.05) is 0 Å². The van der Waals surface area contributed by atoms with E-state index in [0.717, 1.165) is 117 Å². The topological polar surface area (TPSA) is 55.4 Å². The molecular formula is C21H45O6Y. The van der Waals surface area contributed by atoms with Crippen LogP contribution >= 0.6 is 0 Å². The molecule has 0 radical (unpaired) electrons. The van der Waals surface area contributed by atoms with Gasteiger partial charge in [0.05, 0.1) is 0 Å². The SMILES string of the molecule is CCCOCCCC[O][Y]([O]CCCCOCCC)[O]CCCCOCCC. The Labute approximate surface area is 186 Å². The standard InChI is InChI=1S/3C7H15O2.Y/c3*1-2-6-9-7-4-3-5-8;/h3*2-7H2,1H3;/q3*-1;+3. The molecule has 28 heavy (non-hydrogen) atoms. The van der Waals surface area contributed by atoms with Gasteiger partial charge in [0.2, 0.25) is 0 Å². The van der Waals surface area contributed by atoms with Crippen LogP contribution < -0.4 is 0 Å². The Balaban J connectivity index is 3.80. The van der Waals surface area contributed by atoms with E-state index in [0.29, 0.717) is 0 Å². The van der Waals surface area contributed by atoms with Gasteiger partial charge in [-0.15, -0.1) is 0 Å². The van der Waals surface area contributed by atoms with Gasteiger partial charge in [-0.3, -0.25) is 0 Å². The van der Waals surface area contributed by atoms with Crippen LogP contribution in [-0.2, 0) is 49.3 Å². The van der Waals surface area contributed by atoms with E-state index in [9.17, 15) is 0 Å². The Hall–Kier alpha value is 0.864. The second-order valence-electron chi connectivity index (χ2n) is 6.86. The third-order valence-electron chi connectivity index (χ3n) is 3.86. The Morgan fingerprint density at radius 3 is 0.964 bits per heavy atom. The van der Waals surface area contributed by atoms with Crippen LogP contribution in [0.15, 0.2) is 0 Å². The zero-order valence-corrected chi connectivity index (χ0v) is 21.6. The van der Waals surface area contributed by atoms with Gasteiger partial charge in [-0.05, 0) is 0 Å². The van der Waals surface area contributed by atoms with Crippen molar-refractivity contribution in [3.8, 4) is 0 Å². The quantitative estimate of drug-likeness (QED) is 0.180. The fourth-order valence-corrected chi connectivity index (χ4v) is 5.70. The molecule has 168 valence electrons. The summed E-state index contributed by atoms with van der Waals surface area (Å²) in [6.07, 6.45) is 9.31. The average Bonchev–Trinajstić information content (AvgIpc) is 2.71. The molecule has 0 unspecified atom stereocenters. The molecule has 0 rings (SSSR count). The molecule has 0 aliphatic carbocycles.